The molecule has 1 fully saturated rings. The zero-order valence-corrected chi connectivity index (χ0v) is 14.8. The van der Waals surface area contributed by atoms with Crippen molar-refractivity contribution >= 4 is 17.0 Å². The summed E-state index contributed by atoms with van der Waals surface area (Å²) in [4.78, 5) is 11.3. The lowest BCUT2D eigenvalue weighted by Crippen LogP contribution is -2.30. The molecule has 0 saturated carbocycles. The zero-order chi connectivity index (χ0) is 18.4. The normalized spacial score (nSPS) is 22.6. The van der Waals surface area contributed by atoms with Crippen molar-refractivity contribution in [1.82, 2.24) is 14.4 Å². The molecule has 0 spiro atoms. The van der Waals surface area contributed by atoms with Crippen molar-refractivity contribution in [2.75, 3.05) is 24.7 Å². The van der Waals surface area contributed by atoms with E-state index in [-0.39, 0.29) is 5.92 Å². The van der Waals surface area contributed by atoms with Crippen molar-refractivity contribution in [3.63, 3.8) is 0 Å². The number of benzene rings is 1. The number of halogens is 2. The first-order valence-electron chi connectivity index (χ1n) is 9.28. The summed E-state index contributed by atoms with van der Waals surface area (Å²) >= 11 is 0. The molecule has 27 heavy (non-hydrogen) atoms. The molecule has 7 heteroatoms. The zero-order valence-electron chi connectivity index (χ0n) is 14.8. The molecule has 0 radical (unpaired) electrons. The van der Waals surface area contributed by atoms with Gasteiger partial charge >= 0.3 is 0 Å². The fourth-order valence-electron chi connectivity index (χ4n) is 4.24. The Balaban J connectivity index is 1.65. The molecule has 3 aromatic rings. The Morgan fingerprint density at radius 3 is 2.89 bits per heavy atom. The van der Waals surface area contributed by atoms with E-state index in [1.54, 1.807) is 18.5 Å². The summed E-state index contributed by atoms with van der Waals surface area (Å²) in [5.41, 5.74) is 2.39. The fraction of sp³-hybridized carbons (Fsp3) is 0.400. The van der Waals surface area contributed by atoms with E-state index in [9.17, 15) is 8.78 Å². The highest BCUT2D eigenvalue weighted by Gasteiger charge is 2.34. The predicted molar refractivity (Wildman–Crippen MR) is 98.0 cm³/mol. The Kier molecular flexibility index (Phi) is 4.04. The van der Waals surface area contributed by atoms with Crippen LogP contribution in [0.25, 0.3) is 5.52 Å². The molecule has 140 valence electrons. The second kappa shape index (κ2) is 6.56. The van der Waals surface area contributed by atoms with Gasteiger partial charge in [0.1, 0.15) is 11.3 Å². The Bertz CT molecular complexity index is 968. The van der Waals surface area contributed by atoms with Crippen LogP contribution in [0.4, 0.5) is 20.3 Å². The van der Waals surface area contributed by atoms with Gasteiger partial charge in [-0.25, -0.2) is 13.8 Å². The molecular weight excluding hydrogens is 350 g/mol. The number of aromatic nitrogens is 3. The molecule has 4 heterocycles. The maximum absolute atomic E-state index is 13.5. The first kappa shape index (κ1) is 16.6. The highest BCUT2D eigenvalue weighted by atomic mass is 19.3. The first-order chi connectivity index (χ1) is 13.2. The van der Waals surface area contributed by atoms with Crippen LogP contribution in [0.15, 0.2) is 42.9 Å². The molecular formula is C20H20F2N4O. The lowest BCUT2D eigenvalue weighted by Gasteiger charge is -2.34. The van der Waals surface area contributed by atoms with E-state index in [1.165, 1.54) is 0 Å². The fourth-order valence-corrected chi connectivity index (χ4v) is 4.24. The number of alkyl halides is 2. The van der Waals surface area contributed by atoms with Gasteiger partial charge in [0.05, 0.1) is 12.8 Å². The lowest BCUT2D eigenvalue weighted by atomic mass is 9.90. The largest absolute Gasteiger partial charge is 0.381 e. The Labute approximate surface area is 155 Å². The molecule has 0 bridgehead atoms. The SMILES string of the molecule is FC(F)C1CCN(c2nc(C3CCOC3)n3ccncc23)c2ccccc21. The molecule has 1 aromatic carbocycles. The summed E-state index contributed by atoms with van der Waals surface area (Å²) in [7, 11) is 0. The molecule has 2 atom stereocenters. The summed E-state index contributed by atoms with van der Waals surface area (Å²) in [5, 5.41) is 0. The summed E-state index contributed by atoms with van der Waals surface area (Å²) in [6.07, 6.45) is 4.43. The van der Waals surface area contributed by atoms with Gasteiger partial charge in [0.15, 0.2) is 5.82 Å². The third-order valence-electron chi connectivity index (χ3n) is 5.60. The van der Waals surface area contributed by atoms with E-state index in [1.807, 2.05) is 24.4 Å². The highest BCUT2D eigenvalue weighted by Crippen LogP contribution is 2.43. The molecule has 1 saturated heterocycles. The van der Waals surface area contributed by atoms with Gasteiger partial charge in [-0.05, 0) is 24.5 Å². The predicted octanol–water partition coefficient (Wildman–Crippen LogP) is 4.12. The van der Waals surface area contributed by atoms with Gasteiger partial charge in [-0.1, -0.05) is 18.2 Å². The van der Waals surface area contributed by atoms with E-state index in [4.69, 9.17) is 9.72 Å². The second-order valence-electron chi connectivity index (χ2n) is 7.13. The number of para-hydroxylation sites is 1. The van der Waals surface area contributed by atoms with Crippen molar-refractivity contribution in [1.29, 1.82) is 0 Å². The van der Waals surface area contributed by atoms with Crippen LogP contribution in [-0.2, 0) is 4.74 Å². The van der Waals surface area contributed by atoms with Crippen molar-refractivity contribution in [2.45, 2.75) is 31.1 Å². The van der Waals surface area contributed by atoms with Gasteiger partial charge in [-0.3, -0.25) is 9.38 Å². The van der Waals surface area contributed by atoms with Crippen molar-refractivity contribution in [3.8, 4) is 0 Å². The molecule has 2 aliphatic rings. The van der Waals surface area contributed by atoms with Crippen LogP contribution >= 0.6 is 0 Å². The standard InChI is InChI=1S/C20H20F2N4O/c21-18(22)15-5-8-25(16-4-2-1-3-14(15)16)20-17-11-23-7-9-26(17)19(24-20)13-6-10-27-12-13/h1-4,7,9,11,13,15,18H,5-6,8,10,12H2. The number of anilines is 2. The summed E-state index contributed by atoms with van der Waals surface area (Å²) in [5.74, 6) is 1.24. The van der Waals surface area contributed by atoms with Crippen LogP contribution in [0.1, 0.15) is 36.1 Å². The quantitative estimate of drug-likeness (QED) is 0.695. The maximum Gasteiger partial charge on any atom is 0.245 e. The smallest absolute Gasteiger partial charge is 0.245 e. The van der Waals surface area contributed by atoms with E-state index < -0.39 is 12.3 Å². The summed E-state index contributed by atoms with van der Waals surface area (Å²) < 4.78 is 34.7. The number of ether oxygens (including phenoxy) is 1. The topological polar surface area (TPSA) is 42.7 Å². The summed E-state index contributed by atoms with van der Waals surface area (Å²) in [6.45, 7) is 1.90. The monoisotopic (exact) mass is 370 g/mol. The van der Waals surface area contributed by atoms with Crippen molar-refractivity contribution in [2.24, 2.45) is 0 Å². The van der Waals surface area contributed by atoms with Gasteiger partial charge in [0.2, 0.25) is 6.43 Å². The average molecular weight is 370 g/mol. The minimum absolute atomic E-state index is 0.238. The van der Waals surface area contributed by atoms with E-state index in [0.717, 1.165) is 35.9 Å². The molecule has 0 aliphatic carbocycles. The molecule has 0 amide bonds. The highest BCUT2D eigenvalue weighted by molar-refractivity contribution is 5.78. The molecule has 2 unspecified atom stereocenters. The third kappa shape index (κ3) is 2.68. The van der Waals surface area contributed by atoms with E-state index >= 15 is 0 Å². The number of imidazole rings is 1. The van der Waals surface area contributed by atoms with Crippen molar-refractivity contribution < 1.29 is 13.5 Å². The Morgan fingerprint density at radius 1 is 1.19 bits per heavy atom. The van der Waals surface area contributed by atoms with Gasteiger partial charge < -0.3 is 9.64 Å². The van der Waals surface area contributed by atoms with Gasteiger partial charge in [-0.15, -0.1) is 0 Å². The maximum atomic E-state index is 13.5. The van der Waals surface area contributed by atoms with Crippen LogP contribution in [0, 0.1) is 0 Å². The molecule has 2 aromatic heterocycles. The minimum atomic E-state index is -2.36. The lowest BCUT2D eigenvalue weighted by molar-refractivity contribution is 0.109. The second-order valence-corrected chi connectivity index (χ2v) is 7.13. The molecule has 5 rings (SSSR count). The van der Waals surface area contributed by atoms with E-state index in [0.29, 0.717) is 25.1 Å². The van der Waals surface area contributed by atoms with Crippen LogP contribution in [0.5, 0.6) is 0 Å². The first-order valence-corrected chi connectivity index (χ1v) is 9.28. The molecule has 2 aliphatic heterocycles. The molecule has 5 nitrogen and oxygen atoms in total. The van der Waals surface area contributed by atoms with Crippen LogP contribution < -0.4 is 4.90 Å². The summed E-state index contributed by atoms with van der Waals surface area (Å²) in [6, 6.07) is 7.43. The van der Waals surface area contributed by atoms with Gasteiger partial charge in [0, 0.05) is 43.1 Å². The van der Waals surface area contributed by atoms with Crippen LogP contribution in [0.2, 0.25) is 0 Å². The van der Waals surface area contributed by atoms with Gasteiger partial charge in [-0.2, -0.15) is 0 Å². The number of rotatable bonds is 3. The van der Waals surface area contributed by atoms with Crippen LogP contribution in [-0.4, -0.2) is 40.6 Å². The average Bonchev–Trinajstić information content (AvgIpc) is 3.35. The molecule has 0 N–H and O–H groups in total. The van der Waals surface area contributed by atoms with E-state index in [2.05, 4.69) is 14.3 Å². The van der Waals surface area contributed by atoms with Crippen LogP contribution in [0.3, 0.4) is 0 Å². The number of fused-ring (bicyclic) bond motifs is 2. The number of hydrogen-bond donors (Lipinski definition) is 0. The Hall–Kier alpha value is -2.54. The third-order valence-corrected chi connectivity index (χ3v) is 5.60. The number of hydrogen-bond acceptors (Lipinski definition) is 4. The minimum Gasteiger partial charge on any atom is -0.381 e. The van der Waals surface area contributed by atoms with Crippen molar-refractivity contribution in [3.05, 3.63) is 54.2 Å². The Morgan fingerprint density at radius 2 is 2.07 bits per heavy atom. The number of nitrogens with zero attached hydrogens (tertiary/aromatic N) is 4. The van der Waals surface area contributed by atoms with Gasteiger partial charge in [0.25, 0.3) is 0 Å².